The summed E-state index contributed by atoms with van der Waals surface area (Å²) in [6.45, 7) is 0.866. The molecule has 0 aliphatic carbocycles. The van der Waals surface area contributed by atoms with Crippen molar-refractivity contribution in [3.8, 4) is 0 Å². The average Bonchev–Trinajstić information content (AvgIpc) is 2.60. The first-order valence-electron chi connectivity index (χ1n) is 7.53. The topological polar surface area (TPSA) is 159 Å². The molecule has 10 nitrogen and oxygen atoms in total. The van der Waals surface area contributed by atoms with Gasteiger partial charge in [0.15, 0.2) is 6.61 Å². The molecule has 0 atom stereocenters. The van der Waals surface area contributed by atoms with Crippen LogP contribution in [-0.4, -0.2) is 31.8 Å². The summed E-state index contributed by atoms with van der Waals surface area (Å²) < 4.78 is 27.7. The molecule has 2 aromatic rings. The molecule has 0 fully saturated rings. The zero-order chi connectivity index (χ0) is 21.1. The molecule has 0 bridgehead atoms. The molecular formula is C16H14ClN3O7S. The number of hydrogen-bond acceptors (Lipinski definition) is 7. The number of primary sulfonamides is 1. The third kappa shape index (κ3) is 5.25. The van der Waals surface area contributed by atoms with Crippen LogP contribution in [0.5, 0.6) is 0 Å². The van der Waals surface area contributed by atoms with Crippen molar-refractivity contribution < 1.29 is 27.7 Å². The van der Waals surface area contributed by atoms with E-state index in [0.29, 0.717) is 5.56 Å². The first kappa shape index (κ1) is 21.3. The number of amides is 1. The standard InChI is InChI=1S/C16H14ClN3O7S/c1-9-2-4-11(28(18,25)26)7-12(9)16(22)27-8-15(21)19-14-5-3-10(20(23)24)6-13(14)17/h2-7H,8H2,1H3,(H,19,21)(H2,18,25,26). The number of halogens is 1. The van der Waals surface area contributed by atoms with Gasteiger partial charge in [0.05, 0.1) is 26.1 Å². The Morgan fingerprint density at radius 2 is 1.93 bits per heavy atom. The Morgan fingerprint density at radius 1 is 1.25 bits per heavy atom. The largest absolute Gasteiger partial charge is 0.452 e. The number of nitrogens with one attached hydrogen (secondary N) is 1. The van der Waals surface area contributed by atoms with E-state index in [1.807, 2.05) is 0 Å². The van der Waals surface area contributed by atoms with Crippen molar-refractivity contribution >= 4 is 44.9 Å². The van der Waals surface area contributed by atoms with Crippen molar-refractivity contribution in [1.82, 2.24) is 0 Å². The van der Waals surface area contributed by atoms with E-state index < -0.39 is 33.4 Å². The van der Waals surface area contributed by atoms with Crippen LogP contribution in [0.2, 0.25) is 5.02 Å². The van der Waals surface area contributed by atoms with Gasteiger partial charge >= 0.3 is 5.97 Å². The lowest BCUT2D eigenvalue weighted by molar-refractivity contribution is -0.384. The lowest BCUT2D eigenvalue weighted by Gasteiger charge is -2.10. The van der Waals surface area contributed by atoms with Gasteiger partial charge < -0.3 is 10.1 Å². The number of hydrogen-bond donors (Lipinski definition) is 2. The molecule has 3 N–H and O–H groups in total. The number of nitro benzene ring substituents is 1. The second-order valence-electron chi connectivity index (χ2n) is 5.57. The minimum absolute atomic E-state index is 0.0623. The Hall–Kier alpha value is -3.02. The highest BCUT2D eigenvalue weighted by atomic mass is 35.5. The Kier molecular flexibility index (Phi) is 6.33. The van der Waals surface area contributed by atoms with Gasteiger partial charge in [-0.2, -0.15) is 0 Å². The van der Waals surface area contributed by atoms with Gasteiger partial charge in [-0.25, -0.2) is 18.4 Å². The number of nitrogens with two attached hydrogens (primary N) is 1. The van der Waals surface area contributed by atoms with Gasteiger partial charge in [-0.1, -0.05) is 17.7 Å². The molecule has 0 heterocycles. The number of rotatable bonds is 6. The molecule has 0 aliphatic rings. The van der Waals surface area contributed by atoms with E-state index in [4.69, 9.17) is 21.5 Å². The van der Waals surface area contributed by atoms with Crippen molar-refractivity contribution in [2.75, 3.05) is 11.9 Å². The van der Waals surface area contributed by atoms with Crippen molar-refractivity contribution in [3.05, 3.63) is 62.7 Å². The van der Waals surface area contributed by atoms with Gasteiger partial charge in [-0.05, 0) is 30.7 Å². The fourth-order valence-electron chi connectivity index (χ4n) is 2.11. The predicted molar refractivity (Wildman–Crippen MR) is 99.6 cm³/mol. The number of sulfonamides is 1. The maximum atomic E-state index is 12.1. The van der Waals surface area contributed by atoms with E-state index >= 15 is 0 Å². The molecule has 148 valence electrons. The number of esters is 1. The van der Waals surface area contributed by atoms with Crippen LogP contribution in [0.15, 0.2) is 41.3 Å². The third-order valence-electron chi connectivity index (χ3n) is 3.53. The summed E-state index contributed by atoms with van der Waals surface area (Å²) in [4.78, 5) is 33.8. The molecule has 2 rings (SSSR count). The molecule has 12 heteroatoms. The SMILES string of the molecule is Cc1ccc(S(N)(=O)=O)cc1C(=O)OCC(=O)Nc1ccc([N+](=O)[O-])cc1Cl. The highest BCUT2D eigenvalue weighted by Gasteiger charge is 2.18. The Bertz CT molecular complexity index is 1070. The first-order chi connectivity index (χ1) is 13.0. The van der Waals surface area contributed by atoms with Crippen LogP contribution in [0.1, 0.15) is 15.9 Å². The predicted octanol–water partition coefficient (Wildman–Crippen LogP) is 2.00. The summed E-state index contributed by atoms with van der Waals surface area (Å²) in [6.07, 6.45) is 0. The number of non-ortho nitro benzene ring substituents is 1. The quantitative estimate of drug-likeness (QED) is 0.405. The van der Waals surface area contributed by atoms with E-state index in [1.54, 1.807) is 6.92 Å². The number of carbonyl (C=O) groups excluding carboxylic acids is 2. The number of nitrogens with zero attached hydrogens (tertiary/aromatic N) is 1. The minimum Gasteiger partial charge on any atom is -0.452 e. The number of benzene rings is 2. The maximum Gasteiger partial charge on any atom is 0.338 e. The Balaban J connectivity index is 2.05. The van der Waals surface area contributed by atoms with Crippen LogP contribution in [0.25, 0.3) is 0 Å². The molecule has 0 saturated carbocycles. The average molecular weight is 428 g/mol. The summed E-state index contributed by atoms with van der Waals surface area (Å²) >= 11 is 5.86. The van der Waals surface area contributed by atoms with Crippen LogP contribution in [0, 0.1) is 17.0 Å². The van der Waals surface area contributed by atoms with Crippen molar-refractivity contribution in [2.45, 2.75) is 11.8 Å². The fourth-order valence-corrected chi connectivity index (χ4v) is 2.87. The smallest absolute Gasteiger partial charge is 0.338 e. The second-order valence-corrected chi connectivity index (χ2v) is 7.54. The van der Waals surface area contributed by atoms with Gasteiger partial charge in [0.2, 0.25) is 10.0 Å². The van der Waals surface area contributed by atoms with Gasteiger partial charge in [0.25, 0.3) is 11.6 Å². The second kappa shape index (κ2) is 8.33. The molecular weight excluding hydrogens is 414 g/mol. The number of nitro groups is 1. The maximum absolute atomic E-state index is 12.1. The molecule has 28 heavy (non-hydrogen) atoms. The molecule has 0 radical (unpaired) electrons. The van der Waals surface area contributed by atoms with Crippen LogP contribution in [0.3, 0.4) is 0 Å². The van der Waals surface area contributed by atoms with Gasteiger partial charge in [0, 0.05) is 12.1 Å². The third-order valence-corrected chi connectivity index (χ3v) is 4.75. The van der Waals surface area contributed by atoms with Crippen LogP contribution in [-0.2, 0) is 19.6 Å². The molecule has 2 aromatic carbocycles. The van der Waals surface area contributed by atoms with E-state index in [0.717, 1.165) is 18.2 Å². The molecule has 0 saturated heterocycles. The van der Waals surface area contributed by atoms with Crippen LogP contribution in [0.4, 0.5) is 11.4 Å². The van der Waals surface area contributed by atoms with Crippen molar-refractivity contribution in [2.24, 2.45) is 5.14 Å². The number of aryl methyl sites for hydroxylation is 1. The number of carbonyl (C=O) groups is 2. The van der Waals surface area contributed by atoms with Crippen molar-refractivity contribution in [1.29, 1.82) is 0 Å². The number of ether oxygens (including phenoxy) is 1. The zero-order valence-electron chi connectivity index (χ0n) is 14.3. The summed E-state index contributed by atoms with van der Waals surface area (Å²) in [5.74, 6) is -1.67. The van der Waals surface area contributed by atoms with Crippen molar-refractivity contribution in [3.63, 3.8) is 0 Å². The van der Waals surface area contributed by atoms with Crippen LogP contribution < -0.4 is 10.5 Å². The van der Waals surface area contributed by atoms with E-state index in [1.165, 1.54) is 18.2 Å². The fraction of sp³-hybridized carbons (Fsp3) is 0.125. The molecule has 1 amide bonds. The lowest BCUT2D eigenvalue weighted by atomic mass is 10.1. The normalized spacial score (nSPS) is 11.0. The first-order valence-corrected chi connectivity index (χ1v) is 9.46. The molecule has 0 unspecified atom stereocenters. The minimum atomic E-state index is -4.01. The highest BCUT2D eigenvalue weighted by Crippen LogP contribution is 2.26. The Morgan fingerprint density at radius 3 is 2.50 bits per heavy atom. The monoisotopic (exact) mass is 427 g/mol. The zero-order valence-corrected chi connectivity index (χ0v) is 15.9. The highest BCUT2D eigenvalue weighted by molar-refractivity contribution is 7.89. The summed E-state index contributed by atoms with van der Waals surface area (Å²) in [7, 11) is -4.01. The number of anilines is 1. The molecule has 0 aromatic heterocycles. The Labute approximate surface area is 164 Å². The molecule has 0 aliphatic heterocycles. The molecule has 0 spiro atoms. The van der Waals surface area contributed by atoms with E-state index in [2.05, 4.69) is 5.32 Å². The van der Waals surface area contributed by atoms with Gasteiger partial charge in [0.1, 0.15) is 0 Å². The van der Waals surface area contributed by atoms with E-state index in [-0.39, 0.29) is 26.9 Å². The van der Waals surface area contributed by atoms with Gasteiger partial charge in [-0.15, -0.1) is 0 Å². The van der Waals surface area contributed by atoms with Gasteiger partial charge in [-0.3, -0.25) is 14.9 Å². The summed E-state index contributed by atoms with van der Waals surface area (Å²) in [6, 6.07) is 7.12. The summed E-state index contributed by atoms with van der Waals surface area (Å²) in [5, 5.41) is 18.0. The van der Waals surface area contributed by atoms with Crippen LogP contribution >= 0.6 is 11.6 Å². The summed E-state index contributed by atoms with van der Waals surface area (Å²) in [5.41, 5.74) is 0.212. The lowest BCUT2D eigenvalue weighted by Crippen LogP contribution is -2.22. The van der Waals surface area contributed by atoms with E-state index in [9.17, 15) is 28.1 Å².